The number of halogens is 1. The molecule has 2 aromatic rings. The van der Waals surface area contributed by atoms with Crippen molar-refractivity contribution in [2.75, 3.05) is 20.2 Å². The zero-order valence-electron chi connectivity index (χ0n) is 16.3. The molecule has 28 heavy (non-hydrogen) atoms. The fourth-order valence-corrected chi connectivity index (χ4v) is 4.35. The Bertz CT molecular complexity index is 926. The summed E-state index contributed by atoms with van der Waals surface area (Å²) in [5, 5.41) is 4.47. The summed E-state index contributed by atoms with van der Waals surface area (Å²) in [4.78, 5) is 27.1. The van der Waals surface area contributed by atoms with E-state index in [1.54, 1.807) is 13.2 Å². The largest absolute Gasteiger partial charge is 0.497 e. The number of fused-ring (bicyclic) bond motifs is 3. The second-order valence-electron chi connectivity index (χ2n) is 7.62. The van der Waals surface area contributed by atoms with Gasteiger partial charge in [-0.25, -0.2) is 4.79 Å². The maximum Gasteiger partial charge on any atom is 0.339 e. The predicted octanol–water partition coefficient (Wildman–Crippen LogP) is 2.82. The summed E-state index contributed by atoms with van der Waals surface area (Å²) in [5.74, 6) is 0.773. The standard InChI is InChI=1S/C21H26N2O4.ClH/c1-13-17-6-5-16(26-2)11-19(17)27-21(25)18(13)7-8-20(24)23-10-9-14-3-4-15(12-23)22-14;/h5-6,11,14-15,22H,3-4,7-10,12H2,1-2H3;1H. The van der Waals surface area contributed by atoms with Gasteiger partial charge in [0.2, 0.25) is 5.91 Å². The lowest BCUT2D eigenvalue weighted by molar-refractivity contribution is -0.131. The van der Waals surface area contributed by atoms with Crippen molar-refractivity contribution in [3.63, 3.8) is 0 Å². The molecule has 4 rings (SSSR count). The fourth-order valence-electron chi connectivity index (χ4n) is 4.35. The Kier molecular flexibility index (Phi) is 6.30. The van der Waals surface area contributed by atoms with Crippen LogP contribution >= 0.6 is 12.4 Å². The van der Waals surface area contributed by atoms with Gasteiger partial charge in [0.05, 0.1) is 7.11 Å². The minimum absolute atomic E-state index is 0. The summed E-state index contributed by atoms with van der Waals surface area (Å²) < 4.78 is 10.7. The van der Waals surface area contributed by atoms with Gasteiger partial charge < -0.3 is 19.4 Å². The van der Waals surface area contributed by atoms with Gasteiger partial charge in [0.15, 0.2) is 0 Å². The smallest absolute Gasteiger partial charge is 0.339 e. The molecule has 1 aromatic carbocycles. The summed E-state index contributed by atoms with van der Waals surface area (Å²) >= 11 is 0. The van der Waals surface area contributed by atoms with Crippen LogP contribution < -0.4 is 15.7 Å². The number of aryl methyl sites for hydroxylation is 1. The molecule has 1 amide bonds. The summed E-state index contributed by atoms with van der Waals surface area (Å²) in [6.07, 6.45) is 4.12. The van der Waals surface area contributed by atoms with E-state index in [4.69, 9.17) is 9.15 Å². The third kappa shape index (κ3) is 4.03. The van der Waals surface area contributed by atoms with E-state index in [-0.39, 0.29) is 23.9 Å². The molecular formula is C21H27ClN2O4. The minimum Gasteiger partial charge on any atom is -0.497 e. The quantitative estimate of drug-likeness (QED) is 0.790. The number of ether oxygens (including phenoxy) is 1. The third-order valence-corrected chi connectivity index (χ3v) is 5.96. The number of amides is 1. The normalized spacial score (nSPS) is 21.3. The lowest BCUT2D eigenvalue weighted by Crippen LogP contribution is -2.39. The van der Waals surface area contributed by atoms with Crippen molar-refractivity contribution in [1.82, 2.24) is 10.2 Å². The Balaban J connectivity index is 0.00000225. The van der Waals surface area contributed by atoms with E-state index in [2.05, 4.69) is 5.32 Å². The van der Waals surface area contributed by atoms with E-state index in [1.165, 1.54) is 6.42 Å². The number of hydrogen-bond acceptors (Lipinski definition) is 5. The highest BCUT2D eigenvalue weighted by atomic mass is 35.5. The lowest BCUT2D eigenvalue weighted by atomic mass is 10.0. The first-order chi connectivity index (χ1) is 13.0. The summed E-state index contributed by atoms with van der Waals surface area (Å²) in [5.41, 5.74) is 1.63. The van der Waals surface area contributed by atoms with Gasteiger partial charge in [0, 0.05) is 48.6 Å². The summed E-state index contributed by atoms with van der Waals surface area (Å²) in [7, 11) is 1.58. The van der Waals surface area contributed by atoms with Crippen LogP contribution in [0.5, 0.6) is 5.75 Å². The highest BCUT2D eigenvalue weighted by Crippen LogP contribution is 2.25. The van der Waals surface area contributed by atoms with Crippen LogP contribution in [0.3, 0.4) is 0 Å². The molecule has 1 aromatic heterocycles. The third-order valence-electron chi connectivity index (χ3n) is 5.96. The number of rotatable bonds is 4. The van der Waals surface area contributed by atoms with Gasteiger partial charge in [-0.2, -0.15) is 0 Å². The molecule has 1 N–H and O–H groups in total. The van der Waals surface area contributed by atoms with Crippen molar-refractivity contribution in [2.45, 2.75) is 51.1 Å². The zero-order chi connectivity index (χ0) is 19.0. The maximum atomic E-state index is 12.7. The van der Waals surface area contributed by atoms with E-state index in [1.807, 2.05) is 24.0 Å². The molecule has 0 aliphatic carbocycles. The van der Waals surface area contributed by atoms with E-state index >= 15 is 0 Å². The number of carbonyl (C=O) groups excluding carboxylic acids is 1. The number of benzene rings is 1. The maximum absolute atomic E-state index is 12.7. The molecule has 2 fully saturated rings. The number of likely N-dealkylation sites (tertiary alicyclic amines) is 1. The molecule has 0 spiro atoms. The Morgan fingerprint density at radius 3 is 2.86 bits per heavy atom. The van der Waals surface area contributed by atoms with Crippen LogP contribution in [0.25, 0.3) is 11.0 Å². The number of methoxy groups -OCH3 is 1. The molecule has 3 heterocycles. The highest BCUT2D eigenvalue weighted by Gasteiger charge is 2.31. The van der Waals surface area contributed by atoms with Crippen LogP contribution in [-0.2, 0) is 11.2 Å². The van der Waals surface area contributed by atoms with Gasteiger partial charge in [0.1, 0.15) is 11.3 Å². The van der Waals surface area contributed by atoms with E-state index in [0.29, 0.717) is 41.8 Å². The van der Waals surface area contributed by atoms with Crippen LogP contribution in [0.4, 0.5) is 0 Å². The van der Waals surface area contributed by atoms with E-state index in [9.17, 15) is 9.59 Å². The Morgan fingerprint density at radius 2 is 2.07 bits per heavy atom. The molecule has 152 valence electrons. The van der Waals surface area contributed by atoms with Crippen LogP contribution in [0.2, 0.25) is 0 Å². The van der Waals surface area contributed by atoms with Crippen molar-refractivity contribution >= 4 is 29.3 Å². The van der Waals surface area contributed by atoms with Crippen LogP contribution in [0.15, 0.2) is 27.4 Å². The minimum atomic E-state index is -0.363. The van der Waals surface area contributed by atoms with Gasteiger partial charge >= 0.3 is 5.63 Å². The van der Waals surface area contributed by atoms with Crippen molar-refractivity contribution < 1.29 is 13.9 Å². The second-order valence-corrected chi connectivity index (χ2v) is 7.62. The number of hydrogen-bond donors (Lipinski definition) is 1. The van der Waals surface area contributed by atoms with Crippen LogP contribution in [0.1, 0.15) is 36.8 Å². The molecule has 2 saturated heterocycles. The second kappa shape index (κ2) is 8.53. The molecule has 2 atom stereocenters. The Hall–Kier alpha value is -2.05. The fraction of sp³-hybridized carbons (Fsp3) is 0.524. The predicted molar refractivity (Wildman–Crippen MR) is 110 cm³/mol. The van der Waals surface area contributed by atoms with Crippen molar-refractivity contribution in [1.29, 1.82) is 0 Å². The SMILES string of the molecule is COc1ccc2c(C)c(CCC(=O)N3CCC4CCC(C3)N4)c(=O)oc2c1.Cl. The van der Waals surface area contributed by atoms with E-state index in [0.717, 1.165) is 36.9 Å². The van der Waals surface area contributed by atoms with Gasteiger partial charge in [-0.1, -0.05) is 0 Å². The molecule has 0 radical (unpaired) electrons. The highest BCUT2D eigenvalue weighted by molar-refractivity contribution is 5.85. The topological polar surface area (TPSA) is 71.8 Å². The molecule has 0 saturated carbocycles. The number of carbonyl (C=O) groups is 1. The molecular weight excluding hydrogens is 380 g/mol. The van der Waals surface area contributed by atoms with Gasteiger partial charge in [-0.05, 0) is 50.3 Å². The van der Waals surface area contributed by atoms with Crippen molar-refractivity contribution in [3.8, 4) is 5.75 Å². The number of nitrogens with zero attached hydrogens (tertiary/aromatic N) is 1. The molecule has 6 nitrogen and oxygen atoms in total. The molecule has 2 bridgehead atoms. The molecule has 2 aliphatic rings. The zero-order valence-corrected chi connectivity index (χ0v) is 17.1. The number of nitrogens with one attached hydrogen (secondary N) is 1. The first-order valence-corrected chi connectivity index (χ1v) is 9.69. The van der Waals surface area contributed by atoms with E-state index < -0.39 is 0 Å². The van der Waals surface area contributed by atoms with Gasteiger partial charge in [-0.3, -0.25) is 4.79 Å². The van der Waals surface area contributed by atoms with Crippen molar-refractivity contribution in [2.24, 2.45) is 0 Å². The first-order valence-electron chi connectivity index (χ1n) is 9.69. The van der Waals surface area contributed by atoms with Gasteiger partial charge in [0.25, 0.3) is 0 Å². The molecule has 7 heteroatoms. The average Bonchev–Trinajstić information content (AvgIpc) is 2.99. The van der Waals surface area contributed by atoms with Gasteiger partial charge in [-0.15, -0.1) is 12.4 Å². The summed E-state index contributed by atoms with van der Waals surface area (Å²) in [6.45, 7) is 3.50. The molecule has 2 aliphatic heterocycles. The Morgan fingerprint density at radius 1 is 1.29 bits per heavy atom. The summed E-state index contributed by atoms with van der Waals surface area (Å²) in [6, 6.07) is 6.44. The average molecular weight is 407 g/mol. The molecule has 2 unspecified atom stereocenters. The Labute approximate surface area is 170 Å². The monoisotopic (exact) mass is 406 g/mol. The van der Waals surface area contributed by atoms with Crippen LogP contribution in [-0.4, -0.2) is 43.1 Å². The van der Waals surface area contributed by atoms with Crippen LogP contribution in [0, 0.1) is 6.92 Å². The lowest BCUT2D eigenvalue weighted by Gasteiger charge is -2.24. The van der Waals surface area contributed by atoms with Crippen molar-refractivity contribution in [3.05, 3.63) is 39.7 Å². The first kappa shape index (κ1) is 20.7.